The van der Waals surface area contributed by atoms with Crippen molar-refractivity contribution in [3.63, 3.8) is 0 Å². The summed E-state index contributed by atoms with van der Waals surface area (Å²) in [6.07, 6.45) is 9.65. The largest absolute Gasteiger partial charge is 0.327 e. The van der Waals surface area contributed by atoms with Crippen molar-refractivity contribution in [2.24, 2.45) is 23.5 Å². The summed E-state index contributed by atoms with van der Waals surface area (Å²) in [5.41, 5.74) is 6.28. The molecule has 0 bridgehead atoms. The molecule has 1 aliphatic carbocycles. The van der Waals surface area contributed by atoms with Crippen molar-refractivity contribution >= 4 is 0 Å². The summed E-state index contributed by atoms with van der Waals surface area (Å²) in [5.74, 6) is 2.57. The van der Waals surface area contributed by atoms with Gasteiger partial charge in [-0.15, -0.1) is 0 Å². The van der Waals surface area contributed by atoms with Gasteiger partial charge in [0.05, 0.1) is 0 Å². The minimum Gasteiger partial charge on any atom is -0.327 e. The van der Waals surface area contributed by atoms with E-state index in [9.17, 15) is 0 Å². The van der Waals surface area contributed by atoms with Gasteiger partial charge in [0.1, 0.15) is 0 Å². The number of nitrogens with two attached hydrogens (primary N) is 1. The highest BCUT2D eigenvalue weighted by Crippen LogP contribution is 2.27. The zero-order chi connectivity index (χ0) is 13.0. The van der Waals surface area contributed by atoms with Crippen molar-refractivity contribution in [1.82, 2.24) is 4.90 Å². The fourth-order valence-corrected chi connectivity index (χ4v) is 3.97. The van der Waals surface area contributed by atoms with Crippen LogP contribution >= 0.6 is 0 Å². The first-order valence-corrected chi connectivity index (χ1v) is 8.13. The molecule has 1 saturated heterocycles. The highest BCUT2D eigenvalue weighted by atomic mass is 15.1. The average Bonchev–Trinajstić information content (AvgIpc) is 2.32. The second-order valence-electron chi connectivity index (χ2n) is 7.11. The van der Waals surface area contributed by atoms with Gasteiger partial charge < -0.3 is 10.6 Å². The Labute approximate surface area is 113 Å². The predicted octanol–water partition coefficient (Wildman–Crippen LogP) is 3.26. The fraction of sp³-hybridized carbons (Fsp3) is 1.00. The van der Waals surface area contributed by atoms with Gasteiger partial charge in [0.25, 0.3) is 0 Å². The molecule has 106 valence electrons. The number of likely N-dealkylation sites (tertiary alicyclic amines) is 1. The van der Waals surface area contributed by atoms with E-state index >= 15 is 0 Å². The van der Waals surface area contributed by atoms with Crippen LogP contribution in [0.3, 0.4) is 0 Å². The standard InChI is InChI=1S/C16H32N2/c1-13(2)10-14-6-5-9-18(11-14)12-15-7-3-4-8-16(15)17/h13-16H,3-12,17H2,1-2H3. The summed E-state index contributed by atoms with van der Waals surface area (Å²) in [7, 11) is 0. The van der Waals surface area contributed by atoms with Crippen LogP contribution in [0, 0.1) is 17.8 Å². The molecule has 2 heteroatoms. The molecule has 3 atom stereocenters. The van der Waals surface area contributed by atoms with Crippen molar-refractivity contribution in [2.75, 3.05) is 19.6 Å². The smallest absolute Gasteiger partial charge is 0.00793 e. The topological polar surface area (TPSA) is 29.3 Å². The first kappa shape index (κ1) is 14.3. The highest BCUT2D eigenvalue weighted by Gasteiger charge is 2.27. The third kappa shape index (κ3) is 4.24. The Bertz CT molecular complexity index is 239. The van der Waals surface area contributed by atoms with Crippen LogP contribution in [0.1, 0.15) is 58.8 Å². The van der Waals surface area contributed by atoms with Crippen molar-refractivity contribution in [3.05, 3.63) is 0 Å². The SMILES string of the molecule is CC(C)CC1CCCN(CC2CCCCC2N)C1. The summed E-state index contributed by atoms with van der Waals surface area (Å²) >= 11 is 0. The van der Waals surface area contributed by atoms with E-state index in [4.69, 9.17) is 5.73 Å². The number of hydrogen-bond donors (Lipinski definition) is 1. The highest BCUT2D eigenvalue weighted by molar-refractivity contribution is 4.83. The predicted molar refractivity (Wildman–Crippen MR) is 78.6 cm³/mol. The Balaban J connectivity index is 1.77. The van der Waals surface area contributed by atoms with Crippen LogP contribution in [-0.4, -0.2) is 30.6 Å². The van der Waals surface area contributed by atoms with Gasteiger partial charge >= 0.3 is 0 Å². The molecule has 2 aliphatic rings. The van der Waals surface area contributed by atoms with Crippen LogP contribution in [0.15, 0.2) is 0 Å². The van der Waals surface area contributed by atoms with E-state index in [0.717, 1.165) is 17.8 Å². The monoisotopic (exact) mass is 252 g/mol. The Hall–Kier alpha value is -0.0800. The molecule has 0 aromatic rings. The summed E-state index contributed by atoms with van der Waals surface area (Å²) < 4.78 is 0. The van der Waals surface area contributed by atoms with Crippen LogP contribution in [0.2, 0.25) is 0 Å². The molecule has 0 aromatic carbocycles. The molecule has 1 saturated carbocycles. The number of nitrogens with zero attached hydrogens (tertiary/aromatic N) is 1. The lowest BCUT2D eigenvalue weighted by Gasteiger charge is -2.38. The van der Waals surface area contributed by atoms with Crippen LogP contribution in [0.5, 0.6) is 0 Å². The van der Waals surface area contributed by atoms with Crippen LogP contribution in [0.25, 0.3) is 0 Å². The number of hydrogen-bond acceptors (Lipinski definition) is 2. The van der Waals surface area contributed by atoms with Gasteiger partial charge in [0, 0.05) is 19.1 Å². The lowest BCUT2D eigenvalue weighted by Crippen LogP contribution is -2.44. The van der Waals surface area contributed by atoms with Gasteiger partial charge in [0.15, 0.2) is 0 Å². The molecule has 0 radical (unpaired) electrons. The maximum absolute atomic E-state index is 6.28. The normalized spacial score (nSPS) is 35.0. The lowest BCUT2D eigenvalue weighted by molar-refractivity contribution is 0.120. The van der Waals surface area contributed by atoms with E-state index in [0.29, 0.717) is 6.04 Å². The third-order valence-electron chi connectivity index (χ3n) is 4.87. The lowest BCUT2D eigenvalue weighted by atomic mass is 9.83. The molecule has 3 unspecified atom stereocenters. The van der Waals surface area contributed by atoms with Crippen molar-refractivity contribution < 1.29 is 0 Å². The van der Waals surface area contributed by atoms with Gasteiger partial charge in [-0.2, -0.15) is 0 Å². The van der Waals surface area contributed by atoms with Crippen LogP contribution in [-0.2, 0) is 0 Å². The summed E-state index contributed by atoms with van der Waals surface area (Å²) in [5, 5.41) is 0. The zero-order valence-corrected chi connectivity index (χ0v) is 12.4. The molecule has 2 N–H and O–H groups in total. The van der Waals surface area contributed by atoms with Gasteiger partial charge in [0.2, 0.25) is 0 Å². The molecule has 1 heterocycles. The Morgan fingerprint density at radius 2 is 1.89 bits per heavy atom. The van der Waals surface area contributed by atoms with Gasteiger partial charge in [-0.1, -0.05) is 26.7 Å². The second-order valence-corrected chi connectivity index (χ2v) is 7.11. The first-order valence-electron chi connectivity index (χ1n) is 8.13. The molecule has 2 nitrogen and oxygen atoms in total. The average molecular weight is 252 g/mol. The van der Waals surface area contributed by atoms with E-state index < -0.39 is 0 Å². The molecular weight excluding hydrogens is 220 g/mol. The van der Waals surface area contributed by atoms with Gasteiger partial charge in [-0.25, -0.2) is 0 Å². The van der Waals surface area contributed by atoms with E-state index in [1.807, 2.05) is 0 Å². The van der Waals surface area contributed by atoms with Crippen molar-refractivity contribution in [1.29, 1.82) is 0 Å². The van der Waals surface area contributed by atoms with Gasteiger partial charge in [-0.05, 0) is 56.4 Å². The maximum atomic E-state index is 6.28. The Morgan fingerprint density at radius 3 is 2.61 bits per heavy atom. The minimum absolute atomic E-state index is 0.476. The first-order chi connectivity index (χ1) is 8.65. The van der Waals surface area contributed by atoms with Crippen molar-refractivity contribution in [2.45, 2.75) is 64.8 Å². The molecule has 0 aromatic heterocycles. The maximum Gasteiger partial charge on any atom is 0.00793 e. The molecule has 18 heavy (non-hydrogen) atoms. The fourth-order valence-electron chi connectivity index (χ4n) is 3.97. The van der Waals surface area contributed by atoms with E-state index in [1.165, 1.54) is 64.6 Å². The second kappa shape index (κ2) is 6.91. The molecule has 0 spiro atoms. The molecule has 0 amide bonds. The number of piperidine rings is 1. The molecule has 1 aliphatic heterocycles. The Kier molecular flexibility index (Phi) is 5.50. The summed E-state index contributed by atoms with van der Waals surface area (Å²) in [6.45, 7) is 8.64. The van der Waals surface area contributed by atoms with Gasteiger partial charge in [-0.3, -0.25) is 0 Å². The van der Waals surface area contributed by atoms with Crippen LogP contribution in [0.4, 0.5) is 0 Å². The Morgan fingerprint density at radius 1 is 1.11 bits per heavy atom. The van der Waals surface area contributed by atoms with Crippen molar-refractivity contribution in [3.8, 4) is 0 Å². The zero-order valence-electron chi connectivity index (χ0n) is 12.4. The van der Waals surface area contributed by atoms with E-state index in [2.05, 4.69) is 18.7 Å². The summed E-state index contributed by atoms with van der Waals surface area (Å²) in [6, 6.07) is 0.476. The minimum atomic E-state index is 0.476. The van der Waals surface area contributed by atoms with E-state index in [-0.39, 0.29) is 0 Å². The molecule has 2 fully saturated rings. The van der Waals surface area contributed by atoms with Crippen LogP contribution < -0.4 is 5.73 Å². The molecule has 2 rings (SSSR count). The summed E-state index contributed by atoms with van der Waals surface area (Å²) in [4.78, 5) is 2.71. The number of rotatable bonds is 4. The molecular formula is C16H32N2. The third-order valence-corrected chi connectivity index (χ3v) is 4.87. The van der Waals surface area contributed by atoms with E-state index in [1.54, 1.807) is 0 Å². The quantitative estimate of drug-likeness (QED) is 0.832.